The van der Waals surface area contributed by atoms with Crippen LogP contribution in [-0.2, 0) is 10.9 Å². The van der Waals surface area contributed by atoms with E-state index in [1.54, 1.807) is 6.92 Å². The summed E-state index contributed by atoms with van der Waals surface area (Å²) in [7, 11) is 0. The molecule has 0 N–H and O–H groups in total. The maximum atomic E-state index is 12.5. The molecule has 2 aromatic heterocycles. The van der Waals surface area contributed by atoms with Crippen molar-refractivity contribution in [1.29, 1.82) is 0 Å². The quantitative estimate of drug-likeness (QED) is 0.799. The fraction of sp³-hybridized carbons (Fsp3) is 0.273. The number of hydrogen-bond donors (Lipinski definition) is 0. The highest BCUT2D eigenvalue weighted by atomic mass is 35.5. The molecule has 0 aromatic carbocycles. The number of rotatable bonds is 2. The minimum Gasteiger partial charge on any atom is -0.461 e. The molecule has 4 nitrogen and oxygen atoms in total. The zero-order valence-corrected chi connectivity index (χ0v) is 10.4. The van der Waals surface area contributed by atoms with Gasteiger partial charge in [-0.2, -0.15) is 13.2 Å². The van der Waals surface area contributed by atoms with E-state index in [9.17, 15) is 18.0 Å². The van der Waals surface area contributed by atoms with Crippen molar-refractivity contribution in [3.05, 3.63) is 34.7 Å². The lowest BCUT2D eigenvalue weighted by molar-refractivity contribution is -0.137. The van der Waals surface area contributed by atoms with Crippen LogP contribution in [-0.4, -0.2) is 22.0 Å². The minimum atomic E-state index is -4.48. The Morgan fingerprint density at radius 3 is 2.79 bits per heavy atom. The van der Waals surface area contributed by atoms with Crippen molar-refractivity contribution < 1.29 is 22.7 Å². The average Bonchev–Trinajstić information content (AvgIpc) is 2.66. The third kappa shape index (κ3) is 2.51. The number of nitrogens with zero attached hydrogens (tertiary/aromatic N) is 2. The number of alkyl halides is 3. The number of esters is 1. The van der Waals surface area contributed by atoms with E-state index >= 15 is 0 Å². The van der Waals surface area contributed by atoms with Crippen LogP contribution in [0.4, 0.5) is 13.2 Å². The van der Waals surface area contributed by atoms with Crippen LogP contribution in [0.1, 0.15) is 23.0 Å². The Bertz CT molecular complexity index is 637. The number of ether oxygens (including phenoxy) is 1. The molecule has 19 heavy (non-hydrogen) atoms. The van der Waals surface area contributed by atoms with Gasteiger partial charge in [0.25, 0.3) is 0 Å². The highest BCUT2D eigenvalue weighted by Gasteiger charge is 2.31. The molecular weight excluding hydrogens is 285 g/mol. The molecule has 0 aliphatic rings. The van der Waals surface area contributed by atoms with E-state index < -0.39 is 17.7 Å². The molecule has 2 aromatic rings. The summed E-state index contributed by atoms with van der Waals surface area (Å²) in [5.74, 6) is -0.773. The zero-order valence-electron chi connectivity index (χ0n) is 9.66. The smallest absolute Gasteiger partial charge is 0.416 e. The summed E-state index contributed by atoms with van der Waals surface area (Å²) < 4.78 is 43.5. The molecule has 2 heterocycles. The maximum Gasteiger partial charge on any atom is 0.416 e. The van der Waals surface area contributed by atoms with Gasteiger partial charge in [0.05, 0.1) is 12.2 Å². The van der Waals surface area contributed by atoms with Crippen molar-refractivity contribution in [1.82, 2.24) is 9.38 Å². The molecule has 0 amide bonds. The van der Waals surface area contributed by atoms with E-state index in [0.717, 1.165) is 18.3 Å². The normalized spacial score (nSPS) is 11.8. The summed E-state index contributed by atoms with van der Waals surface area (Å²) in [6.45, 7) is 1.72. The van der Waals surface area contributed by atoms with Crippen LogP contribution in [0.2, 0.25) is 5.15 Å². The van der Waals surface area contributed by atoms with Crippen molar-refractivity contribution in [3.63, 3.8) is 0 Å². The second kappa shape index (κ2) is 4.73. The van der Waals surface area contributed by atoms with Gasteiger partial charge in [0, 0.05) is 6.20 Å². The van der Waals surface area contributed by atoms with Gasteiger partial charge in [-0.25, -0.2) is 9.78 Å². The van der Waals surface area contributed by atoms with Gasteiger partial charge in [-0.15, -0.1) is 0 Å². The van der Waals surface area contributed by atoms with Crippen molar-refractivity contribution in [2.45, 2.75) is 13.1 Å². The van der Waals surface area contributed by atoms with Crippen molar-refractivity contribution in [2.75, 3.05) is 6.61 Å². The summed E-state index contributed by atoms with van der Waals surface area (Å²) in [4.78, 5) is 15.3. The molecular formula is C11H8ClF3N2O2. The van der Waals surface area contributed by atoms with Gasteiger partial charge in [-0.3, -0.25) is 4.40 Å². The molecule has 0 bridgehead atoms. The second-order valence-corrected chi connectivity index (χ2v) is 3.97. The fourth-order valence-electron chi connectivity index (χ4n) is 1.52. The van der Waals surface area contributed by atoms with Crippen LogP contribution in [0.15, 0.2) is 18.3 Å². The number of halogens is 4. The van der Waals surface area contributed by atoms with Gasteiger partial charge < -0.3 is 4.74 Å². The molecule has 0 radical (unpaired) electrons. The fourth-order valence-corrected chi connectivity index (χ4v) is 1.78. The van der Waals surface area contributed by atoms with Crippen LogP contribution in [0.25, 0.3) is 5.65 Å². The van der Waals surface area contributed by atoms with Crippen molar-refractivity contribution in [2.24, 2.45) is 0 Å². The number of imidazole rings is 1. The number of aromatic nitrogens is 2. The third-order valence-electron chi connectivity index (χ3n) is 2.36. The molecule has 0 spiro atoms. The summed E-state index contributed by atoms with van der Waals surface area (Å²) in [6, 6.07) is 1.67. The molecule has 0 atom stereocenters. The van der Waals surface area contributed by atoms with E-state index in [1.807, 2.05) is 0 Å². The molecule has 102 valence electrons. The Morgan fingerprint density at radius 2 is 2.21 bits per heavy atom. The highest BCUT2D eigenvalue weighted by Crippen LogP contribution is 2.30. The van der Waals surface area contributed by atoms with E-state index in [0.29, 0.717) is 0 Å². The van der Waals surface area contributed by atoms with Crippen LogP contribution in [0.3, 0.4) is 0 Å². The first-order chi connectivity index (χ1) is 8.84. The molecule has 0 saturated heterocycles. The summed E-state index contributed by atoms with van der Waals surface area (Å²) in [5, 5.41) is -0.0813. The first kappa shape index (κ1) is 13.7. The zero-order chi connectivity index (χ0) is 14.2. The first-order valence-electron chi connectivity index (χ1n) is 5.26. The molecule has 8 heteroatoms. The topological polar surface area (TPSA) is 43.6 Å². The van der Waals surface area contributed by atoms with E-state index in [-0.39, 0.29) is 23.1 Å². The molecule has 0 fully saturated rings. The number of fused-ring (bicyclic) bond motifs is 1. The number of hydrogen-bond acceptors (Lipinski definition) is 3. The van der Waals surface area contributed by atoms with Crippen molar-refractivity contribution in [3.8, 4) is 0 Å². The largest absolute Gasteiger partial charge is 0.461 e. The predicted octanol–water partition coefficient (Wildman–Crippen LogP) is 3.18. The number of carbonyl (C=O) groups excluding carboxylic acids is 1. The van der Waals surface area contributed by atoms with Crippen LogP contribution < -0.4 is 0 Å². The Labute approximate surface area is 110 Å². The van der Waals surface area contributed by atoms with Gasteiger partial charge >= 0.3 is 12.1 Å². The molecule has 2 rings (SSSR count). The molecule has 0 aliphatic carbocycles. The van der Waals surface area contributed by atoms with E-state index in [2.05, 4.69) is 4.98 Å². The monoisotopic (exact) mass is 292 g/mol. The third-order valence-corrected chi connectivity index (χ3v) is 2.73. The molecule has 0 unspecified atom stereocenters. The Morgan fingerprint density at radius 1 is 1.53 bits per heavy atom. The first-order valence-corrected chi connectivity index (χ1v) is 5.64. The van der Waals surface area contributed by atoms with Gasteiger partial charge in [-0.05, 0) is 19.1 Å². The van der Waals surface area contributed by atoms with Gasteiger partial charge in [0.15, 0.2) is 5.69 Å². The second-order valence-electron chi connectivity index (χ2n) is 3.61. The number of pyridine rings is 1. The molecule has 0 saturated carbocycles. The molecule has 0 aliphatic heterocycles. The van der Waals surface area contributed by atoms with E-state index in [1.165, 1.54) is 4.40 Å². The van der Waals surface area contributed by atoms with Gasteiger partial charge in [0.1, 0.15) is 10.8 Å². The summed E-state index contributed by atoms with van der Waals surface area (Å²) >= 11 is 5.87. The maximum absolute atomic E-state index is 12.5. The van der Waals surface area contributed by atoms with Crippen LogP contribution in [0.5, 0.6) is 0 Å². The Balaban J connectivity index is 2.54. The van der Waals surface area contributed by atoms with Crippen LogP contribution in [0, 0.1) is 0 Å². The summed E-state index contributed by atoms with van der Waals surface area (Å²) in [5.41, 5.74) is -1.14. The lowest BCUT2D eigenvalue weighted by Crippen LogP contribution is -2.05. The van der Waals surface area contributed by atoms with Gasteiger partial charge in [-0.1, -0.05) is 11.6 Å². The predicted molar refractivity (Wildman–Crippen MR) is 61.2 cm³/mol. The minimum absolute atomic E-state index is 0.0668. The van der Waals surface area contributed by atoms with E-state index in [4.69, 9.17) is 16.3 Å². The van der Waals surface area contributed by atoms with Gasteiger partial charge in [0.2, 0.25) is 0 Å². The average molecular weight is 293 g/mol. The SMILES string of the molecule is CCOC(=O)c1nc2cc(C(F)(F)F)ccn2c1Cl. The Kier molecular flexibility index (Phi) is 3.40. The number of carbonyl (C=O) groups is 1. The lowest BCUT2D eigenvalue weighted by Gasteiger charge is -2.06. The summed E-state index contributed by atoms with van der Waals surface area (Å²) in [6.07, 6.45) is -3.37. The Hall–Kier alpha value is -1.76. The van der Waals surface area contributed by atoms with Crippen LogP contribution >= 0.6 is 11.6 Å². The highest BCUT2D eigenvalue weighted by molar-refractivity contribution is 6.32. The lowest BCUT2D eigenvalue weighted by atomic mass is 10.2. The standard InChI is InChI=1S/C11H8ClF3N2O2/c1-2-19-10(18)8-9(12)17-4-3-6(11(13,14)15)5-7(17)16-8/h3-5H,2H2,1H3. The van der Waals surface area contributed by atoms with Crippen molar-refractivity contribution >= 4 is 23.2 Å².